The van der Waals surface area contributed by atoms with Crippen molar-refractivity contribution in [1.82, 2.24) is 4.72 Å². The number of carboxylic acid groups (broad SMARTS) is 1. The molecule has 0 spiro atoms. The standard InChI is InChI=1S/C12H17Cl2NO4S2/c1-12(2,4-3-10(16)17)5-6-15-21(18,19)8-7-9(13)20-11(8)14/h7,15H,3-6H2,1-2H3,(H,16,17). The van der Waals surface area contributed by atoms with Crippen LogP contribution in [0.3, 0.4) is 0 Å². The zero-order valence-electron chi connectivity index (χ0n) is 11.7. The molecule has 0 aliphatic rings. The fourth-order valence-corrected chi connectivity index (χ4v) is 4.86. The van der Waals surface area contributed by atoms with E-state index in [0.717, 1.165) is 11.3 Å². The molecule has 2 N–H and O–H groups in total. The van der Waals surface area contributed by atoms with Crippen molar-refractivity contribution in [3.63, 3.8) is 0 Å². The van der Waals surface area contributed by atoms with Gasteiger partial charge in [-0.25, -0.2) is 13.1 Å². The van der Waals surface area contributed by atoms with Gasteiger partial charge >= 0.3 is 5.97 Å². The van der Waals surface area contributed by atoms with E-state index < -0.39 is 16.0 Å². The Morgan fingerprint density at radius 2 is 2.00 bits per heavy atom. The van der Waals surface area contributed by atoms with E-state index >= 15 is 0 Å². The largest absolute Gasteiger partial charge is 0.481 e. The summed E-state index contributed by atoms with van der Waals surface area (Å²) in [6, 6.07) is 1.31. The highest BCUT2D eigenvalue weighted by atomic mass is 35.5. The fourth-order valence-electron chi connectivity index (χ4n) is 1.68. The van der Waals surface area contributed by atoms with Crippen molar-refractivity contribution in [2.75, 3.05) is 6.54 Å². The summed E-state index contributed by atoms with van der Waals surface area (Å²) >= 11 is 12.6. The van der Waals surface area contributed by atoms with Crippen molar-refractivity contribution in [3.05, 3.63) is 14.7 Å². The van der Waals surface area contributed by atoms with Crippen LogP contribution in [-0.2, 0) is 14.8 Å². The van der Waals surface area contributed by atoms with E-state index in [9.17, 15) is 13.2 Å². The maximum absolute atomic E-state index is 12.1. The van der Waals surface area contributed by atoms with Crippen LogP contribution in [0.15, 0.2) is 11.0 Å². The predicted molar refractivity (Wildman–Crippen MR) is 84.8 cm³/mol. The third-order valence-electron chi connectivity index (χ3n) is 3.02. The number of hydrogen-bond donors (Lipinski definition) is 2. The minimum absolute atomic E-state index is 0.0255. The molecule has 1 aromatic heterocycles. The topological polar surface area (TPSA) is 83.5 Å². The molecule has 1 rings (SSSR count). The minimum Gasteiger partial charge on any atom is -0.481 e. The molecule has 1 heterocycles. The predicted octanol–water partition coefficient (Wildman–Crippen LogP) is 3.61. The molecule has 1 aromatic rings. The lowest BCUT2D eigenvalue weighted by atomic mass is 9.84. The minimum atomic E-state index is -3.70. The third kappa shape index (κ3) is 6.12. The van der Waals surface area contributed by atoms with E-state index in [2.05, 4.69) is 4.72 Å². The average Bonchev–Trinajstić information content (AvgIpc) is 2.66. The Hall–Kier alpha value is -0.340. The van der Waals surface area contributed by atoms with Crippen LogP contribution in [-0.4, -0.2) is 26.0 Å². The average molecular weight is 374 g/mol. The smallest absolute Gasteiger partial charge is 0.303 e. The molecule has 0 unspecified atom stereocenters. The molecule has 0 bridgehead atoms. The summed E-state index contributed by atoms with van der Waals surface area (Å²) in [5.41, 5.74) is -0.267. The molecule has 0 aliphatic carbocycles. The van der Waals surface area contributed by atoms with E-state index in [1.807, 2.05) is 13.8 Å². The number of sulfonamides is 1. The van der Waals surface area contributed by atoms with Crippen LogP contribution in [0.4, 0.5) is 0 Å². The fraction of sp³-hybridized carbons (Fsp3) is 0.583. The van der Waals surface area contributed by atoms with Gasteiger partial charge < -0.3 is 5.11 Å². The quantitative estimate of drug-likeness (QED) is 0.728. The highest BCUT2D eigenvalue weighted by Crippen LogP contribution is 2.34. The Bertz CT molecular complexity index is 611. The molecular weight excluding hydrogens is 357 g/mol. The van der Waals surface area contributed by atoms with Crippen LogP contribution < -0.4 is 4.72 Å². The van der Waals surface area contributed by atoms with Gasteiger partial charge in [0.2, 0.25) is 10.0 Å². The first-order valence-corrected chi connectivity index (χ1v) is 9.25. The van der Waals surface area contributed by atoms with E-state index in [4.69, 9.17) is 28.3 Å². The lowest BCUT2D eigenvalue weighted by Gasteiger charge is -2.23. The molecule has 0 aliphatic heterocycles. The molecule has 0 radical (unpaired) electrons. The van der Waals surface area contributed by atoms with Crippen LogP contribution in [0, 0.1) is 5.41 Å². The summed E-state index contributed by atoms with van der Waals surface area (Å²) < 4.78 is 27.0. The Kier molecular flexibility index (Phi) is 6.49. The summed E-state index contributed by atoms with van der Waals surface area (Å²) in [7, 11) is -3.70. The summed E-state index contributed by atoms with van der Waals surface area (Å²) in [6.07, 6.45) is 1.07. The van der Waals surface area contributed by atoms with Crippen molar-refractivity contribution in [2.24, 2.45) is 5.41 Å². The molecule has 5 nitrogen and oxygen atoms in total. The van der Waals surface area contributed by atoms with Crippen molar-refractivity contribution in [2.45, 2.75) is 38.0 Å². The van der Waals surface area contributed by atoms with Crippen LogP contribution in [0.2, 0.25) is 8.67 Å². The summed E-state index contributed by atoms with van der Waals surface area (Å²) in [5.74, 6) is -0.858. The second-order valence-corrected chi connectivity index (χ2v) is 9.42. The number of thiophene rings is 1. The number of carboxylic acids is 1. The highest BCUT2D eigenvalue weighted by molar-refractivity contribution is 7.89. The second-order valence-electron chi connectivity index (χ2n) is 5.39. The van der Waals surface area contributed by atoms with Gasteiger partial charge in [-0.3, -0.25) is 4.79 Å². The maximum atomic E-state index is 12.1. The van der Waals surface area contributed by atoms with Gasteiger partial charge in [0.05, 0.1) is 4.34 Å². The van der Waals surface area contributed by atoms with Gasteiger partial charge in [0.25, 0.3) is 0 Å². The molecule has 0 saturated heterocycles. The molecule has 21 heavy (non-hydrogen) atoms. The second kappa shape index (κ2) is 7.28. The van der Waals surface area contributed by atoms with Crippen LogP contribution in [0.25, 0.3) is 0 Å². The molecule has 0 fully saturated rings. The highest BCUT2D eigenvalue weighted by Gasteiger charge is 2.23. The number of nitrogens with one attached hydrogen (secondary N) is 1. The van der Waals surface area contributed by atoms with Gasteiger partial charge in [0.15, 0.2) is 0 Å². The lowest BCUT2D eigenvalue weighted by Crippen LogP contribution is -2.28. The number of halogens is 2. The van der Waals surface area contributed by atoms with Gasteiger partial charge in [0.1, 0.15) is 9.23 Å². The molecule has 9 heteroatoms. The molecule has 0 atom stereocenters. The Labute approximate surface area is 138 Å². The number of rotatable bonds is 8. The van der Waals surface area contributed by atoms with Gasteiger partial charge in [-0.05, 0) is 24.3 Å². The van der Waals surface area contributed by atoms with E-state index in [-0.39, 0.29) is 27.6 Å². The molecule has 0 amide bonds. The molecular formula is C12H17Cl2NO4S2. The van der Waals surface area contributed by atoms with Gasteiger partial charge in [0, 0.05) is 13.0 Å². The summed E-state index contributed by atoms with van der Waals surface area (Å²) in [6.45, 7) is 4.01. The van der Waals surface area contributed by atoms with Crippen LogP contribution >= 0.6 is 34.5 Å². The van der Waals surface area contributed by atoms with Crippen molar-refractivity contribution in [3.8, 4) is 0 Å². The first-order chi connectivity index (χ1) is 9.53. The Morgan fingerprint density at radius 3 is 2.48 bits per heavy atom. The zero-order valence-corrected chi connectivity index (χ0v) is 14.8. The van der Waals surface area contributed by atoms with Crippen molar-refractivity contribution < 1.29 is 18.3 Å². The van der Waals surface area contributed by atoms with Gasteiger partial charge in [-0.2, -0.15) is 0 Å². The molecule has 0 saturated carbocycles. The van der Waals surface area contributed by atoms with Crippen molar-refractivity contribution >= 4 is 50.5 Å². The first-order valence-electron chi connectivity index (χ1n) is 6.20. The maximum Gasteiger partial charge on any atom is 0.303 e. The van der Waals surface area contributed by atoms with E-state index in [0.29, 0.717) is 17.2 Å². The number of aliphatic carboxylic acids is 1. The summed E-state index contributed by atoms with van der Waals surface area (Å²) in [5, 5.41) is 8.68. The Balaban J connectivity index is 2.58. The summed E-state index contributed by atoms with van der Waals surface area (Å²) in [4.78, 5) is 10.5. The van der Waals surface area contributed by atoms with Crippen LogP contribution in [0.1, 0.15) is 33.1 Å². The lowest BCUT2D eigenvalue weighted by molar-refractivity contribution is -0.137. The van der Waals surface area contributed by atoms with E-state index in [1.165, 1.54) is 6.07 Å². The van der Waals surface area contributed by atoms with Gasteiger partial charge in [-0.15, -0.1) is 11.3 Å². The van der Waals surface area contributed by atoms with Crippen LogP contribution in [0.5, 0.6) is 0 Å². The number of hydrogen-bond acceptors (Lipinski definition) is 4. The first kappa shape index (κ1) is 18.7. The van der Waals surface area contributed by atoms with Crippen molar-refractivity contribution in [1.29, 1.82) is 0 Å². The third-order valence-corrected chi connectivity index (χ3v) is 6.24. The molecule has 120 valence electrons. The monoisotopic (exact) mass is 373 g/mol. The Morgan fingerprint density at radius 1 is 1.38 bits per heavy atom. The SMILES string of the molecule is CC(C)(CCNS(=O)(=O)c1cc(Cl)sc1Cl)CCC(=O)O. The van der Waals surface area contributed by atoms with Gasteiger partial charge in [-0.1, -0.05) is 37.0 Å². The molecule has 0 aromatic carbocycles. The zero-order chi connectivity index (χ0) is 16.3. The number of carbonyl (C=O) groups is 1. The normalized spacial score (nSPS) is 12.6. The van der Waals surface area contributed by atoms with E-state index in [1.54, 1.807) is 0 Å².